The molecule has 0 bridgehead atoms. The topological polar surface area (TPSA) is 154 Å². The quantitative estimate of drug-likeness (QED) is 0.0695. The number of amides is 2. The summed E-state index contributed by atoms with van der Waals surface area (Å²) in [6.45, 7) is 44.2. The molecule has 2 N–H and O–H groups in total. The van der Waals surface area contributed by atoms with E-state index >= 15 is 19.2 Å². The van der Waals surface area contributed by atoms with Crippen LogP contribution >= 0.6 is 0 Å². The van der Waals surface area contributed by atoms with Gasteiger partial charge in [-0.25, -0.2) is 14.6 Å². The van der Waals surface area contributed by atoms with Gasteiger partial charge in [-0.05, 0) is 114 Å². The molecule has 12 heteroatoms. The van der Waals surface area contributed by atoms with Crippen molar-refractivity contribution >= 4 is 52.5 Å². The van der Waals surface area contributed by atoms with Gasteiger partial charge in [0.05, 0.1) is 11.4 Å². The second-order valence-electron chi connectivity index (χ2n) is 31.0. The molecule has 0 saturated heterocycles. The fourth-order valence-corrected chi connectivity index (χ4v) is 15.2. The molecule has 2 aliphatic carbocycles. The molecular weight excluding hydrogens is 1120 g/mol. The third kappa shape index (κ3) is 14.8. The lowest BCUT2D eigenvalue weighted by molar-refractivity contribution is -0.164. The summed E-state index contributed by atoms with van der Waals surface area (Å²) in [7, 11) is 0. The summed E-state index contributed by atoms with van der Waals surface area (Å²) in [5.41, 5.74) is 1.13. The van der Waals surface area contributed by atoms with Gasteiger partial charge in [-0.15, -0.1) is 0 Å². The average molecular weight is 1230 g/mol. The zero-order valence-corrected chi connectivity index (χ0v) is 58.7. The molecule has 2 heterocycles. The molecule has 12 nitrogen and oxygen atoms in total. The number of rotatable bonds is 19. The van der Waals surface area contributed by atoms with Gasteiger partial charge in [0.25, 0.3) is 0 Å². The van der Waals surface area contributed by atoms with E-state index in [0.29, 0.717) is 89.5 Å². The van der Waals surface area contributed by atoms with Crippen LogP contribution in [-0.4, -0.2) is 52.3 Å². The predicted octanol–water partition coefficient (Wildman–Crippen LogP) is 18.7. The smallest absolute Gasteiger partial charge is 0.342 e. The number of aromatic nitrogens is 1. The minimum absolute atomic E-state index is 0.0135. The molecular formula is C78H110N4O8. The van der Waals surface area contributed by atoms with Crippen molar-refractivity contribution in [1.29, 1.82) is 0 Å². The Labute approximate surface area is 540 Å². The molecule has 4 unspecified atom stereocenters. The lowest BCUT2D eigenvalue weighted by Crippen LogP contribution is -2.50. The van der Waals surface area contributed by atoms with E-state index in [1.165, 1.54) is 6.92 Å². The zero-order chi connectivity index (χ0) is 66.6. The summed E-state index contributed by atoms with van der Waals surface area (Å²) in [6, 6.07) is 28.8. The van der Waals surface area contributed by atoms with Crippen LogP contribution in [0.4, 0.5) is 5.82 Å². The van der Waals surface area contributed by atoms with E-state index in [0.717, 1.165) is 25.7 Å². The molecule has 2 amide bonds. The molecule has 3 aromatic carbocycles. The SMILES string of the molecule is CCC(CC)(CC)C(=O)NC1=NC(=C(c2ccccc2)c2c(-c3ccccc3)c(C(=O)OC3C(C(C)(C)C)CC(C)CC3C(C)(C)C)c(NC(=O)C(CC)(CC)CC)n2COC(C)=O)C(c2ccccc2)=C1C(=O)OC1C(C(C)(C)C)CC(C)CC1C(C)(C)C. The van der Waals surface area contributed by atoms with Crippen LogP contribution in [0.15, 0.2) is 107 Å². The third-order valence-electron chi connectivity index (χ3n) is 21.3. The van der Waals surface area contributed by atoms with E-state index in [1.807, 2.05) is 133 Å². The Kier molecular flexibility index (Phi) is 22.2. The van der Waals surface area contributed by atoms with Gasteiger partial charge in [-0.3, -0.25) is 19.0 Å². The maximum Gasteiger partial charge on any atom is 0.342 e. The number of amidine groups is 1. The number of nitrogens with zero attached hydrogens (tertiary/aromatic N) is 2. The van der Waals surface area contributed by atoms with Gasteiger partial charge in [0.2, 0.25) is 11.8 Å². The van der Waals surface area contributed by atoms with Crippen LogP contribution < -0.4 is 10.6 Å². The molecule has 2 fully saturated rings. The van der Waals surface area contributed by atoms with Crippen LogP contribution in [0.1, 0.15) is 237 Å². The highest BCUT2D eigenvalue weighted by Crippen LogP contribution is 2.54. The summed E-state index contributed by atoms with van der Waals surface area (Å²) >= 11 is 0. The molecule has 4 atom stereocenters. The lowest BCUT2D eigenvalue weighted by Gasteiger charge is -2.50. The fourth-order valence-electron chi connectivity index (χ4n) is 15.2. The van der Waals surface area contributed by atoms with Crippen molar-refractivity contribution in [2.75, 3.05) is 5.32 Å². The van der Waals surface area contributed by atoms with Crippen molar-refractivity contribution in [2.45, 2.75) is 229 Å². The van der Waals surface area contributed by atoms with E-state index in [1.54, 1.807) is 4.57 Å². The molecule has 1 aliphatic heterocycles. The van der Waals surface area contributed by atoms with Crippen molar-refractivity contribution in [3.05, 3.63) is 125 Å². The van der Waals surface area contributed by atoms with Gasteiger partial charge in [0.15, 0.2) is 6.73 Å². The molecule has 4 aromatic rings. The predicted molar refractivity (Wildman–Crippen MR) is 366 cm³/mol. The Bertz CT molecular complexity index is 3230. The number of carbonyl (C=O) groups is 5. The molecule has 3 aliphatic rings. The monoisotopic (exact) mass is 1230 g/mol. The molecule has 1 aromatic heterocycles. The van der Waals surface area contributed by atoms with Gasteiger partial charge in [-0.2, -0.15) is 0 Å². The highest BCUT2D eigenvalue weighted by Gasteiger charge is 2.52. The summed E-state index contributed by atoms with van der Waals surface area (Å²) < 4.78 is 22.4. The number of aliphatic imine (C=N–C) groups is 1. The summed E-state index contributed by atoms with van der Waals surface area (Å²) in [4.78, 5) is 83.4. The van der Waals surface area contributed by atoms with Crippen LogP contribution in [-0.2, 0) is 40.1 Å². The van der Waals surface area contributed by atoms with Crippen molar-refractivity contribution in [3.8, 4) is 11.1 Å². The Morgan fingerprint density at radius 1 is 0.522 bits per heavy atom. The number of ether oxygens (including phenoxy) is 3. The number of allylic oxidation sites excluding steroid dienone is 1. The first-order valence-electron chi connectivity index (χ1n) is 33.9. The van der Waals surface area contributed by atoms with E-state index in [2.05, 4.69) is 108 Å². The van der Waals surface area contributed by atoms with Crippen molar-refractivity contribution < 1.29 is 38.2 Å². The average Bonchev–Trinajstić information content (AvgIpc) is 1.55. The Balaban J connectivity index is 1.74. The molecule has 2 saturated carbocycles. The van der Waals surface area contributed by atoms with Crippen LogP contribution in [0.5, 0.6) is 0 Å². The van der Waals surface area contributed by atoms with Crippen molar-refractivity contribution in [1.82, 2.24) is 9.88 Å². The standard InChI is InChI=1S/C78H110N4O8/c1-22-77(23-2,24-3)71(86)80-67-61(69(84)89-65-54(73(10,11)12)43-48(7)44-55(65)74(13,14)15)58(51-37-31-28-32-38-51)63(79-67)60(53-41-35-30-36-42-53)64-59(52-39-33-29-34-40-52)62(68(82(64)47-88-50(9)83)81-72(87)78(25-4,26-5)27-6)70(85)90-66-56(75(16,17)18)45-49(8)46-57(66)76(19,20)21/h28-42,48-49,54-57,65-66H,22-27,43-47H2,1-21H3,(H,81,87)(H,79,80,86). The Hall–Kier alpha value is -6.56. The van der Waals surface area contributed by atoms with E-state index < -0.39 is 47.7 Å². The molecule has 0 spiro atoms. The highest BCUT2D eigenvalue weighted by atomic mass is 16.6. The molecule has 7 rings (SSSR count). The van der Waals surface area contributed by atoms with Crippen LogP contribution in [0, 0.1) is 68.0 Å². The Morgan fingerprint density at radius 2 is 0.900 bits per heavy atom. The number of esters is 3. The second kappa shape index (κ2) is 28.1. The third-order valence-corrected chi connectivity index (χ3v) is 21.3. The van der Waals surface area contributed by atoms with Gasteiger partial charge in [-0.1, -0.05) is 229 Å². The van der Waals surface area contributed by atoms with Gasteiger partial charge in [0, 0.05) is 58.1 Å². The van der Waals surface area contributed by atoms with E-state index in [9.17, 15) is 4.79 Å². The van der Waals surface area contributed by atoms with Crippen molar-refractivity contribution in [3.63, 3.8) is 0 Å². The van der Waals surface area contributed by atoms with Gasteiger partial charge < -0.3 is 24.8 Å². The summed E-state index contributed by atoms with van der Waals surface area (Å²) in [6.07, 6.45) is 5.49. The summed E-state index contributed by atoms with van der Waals surface area (Å²) in [5, 5.41) is 6.69. The number of benzene rings is 3. The molecule has 90 heavy (non-hydrogen) atoms. The molecule has 490 valence electrons. The highest BCUT2D eigenvalue weighted by molar-refractivity contribution is 6.32. The van der Waals surface area contributed by atoms with Crippen LogP contribution in [0.25, 0.3) is 22.3 Å². The van der Waals surface area contributed by atoms with Gasteiger partial charge >= 0.3 is 17.9 Å². The number of anilines is 1. The Morgan fingerprint density at radius 3 is 1.29 bits per heavy atom. The van der Waals surface area contributed by atoms with Crippen molar-refractivity contribution in [2.24, 2.45) is 73.0 Å². The largest absolute Gasteiger partial charge is 0.458 e. The minimum Gasteiger partial charge on any atom is -0.458 e. The molecule has 0 radical (unpaired) electrons. The number of hydrogen-bond acceptors (Lipinski definition) is 9. The lowest BCUT2D eigenvalue weighted by atomic mass is 9.59. The zero-order valence-electron chi connectivity index (χ0n) is 58.7. The second-order valence-corrected chi connectivity index (χ2v) is 31.0. The maximum absolute atomic E-state index is 16.7. The van der Waals surface area contributed by atoms with Gasteiger partial charge in [0.1, 0.15) is 35.0 Å². The van der Waals surface area contributed by atoms with Crippen LogP contribution in [0.3, 0.4) is 0 Å². The number of nitrogens with one attached hydrogen (secondary N) is 2. The van der Waals surface area contributed by atoms with Crippen LogP contribution in [0.2, 0.25) is 0 Å². The maximum atomic E-state index is 16.7. The fraction of sp³-hybridized carbons (Fsp3) is 0.590. The first-order valence-corrected chi connectivity index (χ1v) is 33.9. The number of hydrogen-bond donors (Lipinski definition) is 2. The number of carbonyl (C=O) groups excluding carboxylic acids is 5. The van der Waals surface area contributed by atoms with E-state index in [-0.39, 0.29) is 85.6 Å². The minimum atomic E-state index is -0.861. The van der Waals surface area contributed by atoms with E-state index in [4.69, 9.17) is 19.2 Å². The first kappa shape index (κ1) is 70.9. The normalized spacial score (nSPS) is 22.6. The summed E-state index contributed by atoms with van der Waals surface area (Å²) in [5.74, 6) is -1.67. The first-order chi connectivity index (χ1) is 42.2.